The van der Waals surface area contributed by atoms with Gasteiger partial charge in [0.15, 0.2) is 0 Å². The molecule has 0 spiro atoms. The molecule has 0 radical (unpaired) electrons. The number of hydrogen-bond donors (Lipinski definition) is 1. The van der Waals surface area contributed by atoms with Gasteiger partial charge in [0.25, 0.3) is 0 Å². The molecule has 0 saturated carbocycles. The number of anilines is 1. The monoisotopic (exact) mass is 437 g/mol. The van der Waals surface area contributed by atoms with Crippen LogP contribution in [0.4, 0.5) is 5.69 Å². The standard InChI is InChI=1S/C18H20BrN3O3S/c1-13-10-15(6-7-17(13)19)21-18(23)14-4-3-9-22(12-14)26(24,25)16-5-2-8-20-11-16/h2,5-8,10-11,14H,3-4,9,12H2,1H3,(H,21,23)/t14-/m1/s1. The van der Waals surface area contributed by atoms with Gasteiger partial charge in [-0.1, -0.05) is 15.9 Å². The summed E-state index contributed by atoms with van der Waals surface area (Å²) in [6.45, 7) is 2.54. The second-order valence-electron chi connectivity index (χ2n) is 6.34. The summed E-state index contributed by atoms with van der Waals surface area (Å²) >= 11 is 3.43. The lowest BCUT2D eigenvalue weighted by Crippen LogP contribution is -2.43. The Labute approximate surface area is 161 Å². The first kappa shape index (κ1) is 19.0. The molecule has 1 aromatic carbocycles. The quantitative estimate of drug-likeness (QED) is 0.796. The molecule has 1 aromatic heterocycles. The minimum absolute atomic E-state index is 0.155. The summed E-state index contributed by atoms with van der Waals surface area (Å²) < 4.78 is 27.8. The molecule has 2 heterocycles. The topological polar surface area (TPSA) is 79.4 Å². The highest BCUT2D eigenvalue weighted by atomic mass is 79.9. The molecule has 1 amide bonds. The van der Waals surface area contributed by atoms with E-state index in [1.54, 1.807) is 6.07 Å². The number of nitrogens with zero attached hydrogens (tertiary/aromatic N) is 2. The van der Waals surface area contributed by atoms with Crippen LogP contribution in [0.15, 0.2) is 52.1 Å². The van der Waals surface area contributed by atoms with Gasteiger partial charge in [0, 0.05) is 35.6 Å². The van der Waals surface area contributed by atoms with Crippen molar-refractivity contribution in [3.05, 3.63) is 52.8 Å². The molecule has 8 heteroatoms. The van der Waals surface area contributed by atoms with Crippen LogP contribution >= 0.6 is 15.9 Å². The maximum absolute atomic E-state index is 12.7. The summed E-state index contributed by atoms with van der Waals surface area (Å²) in [4.78, 5) is 16.7. The lowest BCUT2D eigenvalue weighted by molar-refractivity contribution is -0.120. The minimum atomic E-state index is -3.63. The minimum Gasteiger partial charge on any atom is -0.326 e. The number of pyridine rings is 1. The van der Waals surface area contributed by atoms with Crippen molar-refractivity contribution in [2.75, 3.05) is 18.4 Å². The van der Waals surface area contributed by atoms with E-state index in [9.17, 15) is 13.2 Å². The molecule has 26 heavy (non-hydrogen) atoms. The molecule has 1 aliphatic rings. The fraction of sp³-hybridized carbons (Fsp3) is 0.333. The Bertz CT molecular complexity index is 903. The van der Waals surface area contributed by atoms with E-state index in [4.69, 9.17) is 0 Å². The third kappa shape index (κ3) is 4.13. The molecule has 1 saturated heterocycles. The van der Waals surface area contributed by atoms with Gasteiger partial charge in [-0.25, -0.2) is 8.42 Å². The molecule has 1 aliphatic heterocycles. The lowest BCUT2D eigenvalue weighted by atomic mass is 9.98. The number of aromatic nitrogens is 1. The van der Waals surface area contributed by atoms with Gasteiger partial charge in [0.1, 0.15) is 4.90 Å². The summed E-state index contributed by atoms with van der Waals surface area (Å²) in [6.07, 6.45) is 4.19. The number of piperidine rings is 1. The predicted octanol–water partition coefficient (Wildman–Crippen LogP) is 3.19. The van der Waals surface area contributed by atoms with Gasteiger partial charge in [0.05, 0.1) is 5.92 Å². The number of halogens is 1. The van der Waals surface area contributed by atoms with E-state index in [0.29, 0.717) is 25.1 Å². The normalized spacial score (nSPS) is 18.5. The Morgan fingerprint density at radius 3 is 2.85 bits per heavy atom. The molecule has 0 aliphatic carbocycles. The Morgan fingerprint density at radius 2 is 2.15 bits per heavy atom. The van der Waals surface area contributed by atoms with Crippen molar-refractivity contribution >= 4 is 37.5 Å². The zero-order valence-corrected chi connectivity index (χ0v) is 16.8. The number of amides is 1. The van der Waals surface area contributed by atoms with E-state index < -0.39 is 10.0 Å². The fourth-order valence-electron chi connectivity index (χ4n) is 2.99. The van der Waals surface area contributed by atoms with Gasteiger partial charge < -0.3 is 5.32 Å². The van der Waals surface area contributed by atoms with Crippen molar-refractivity contribution in [1.29, 1.82) is 0 Å². The van der Waals surface area contributed by atoms with Crippen LogP contribution in [0.1, 0.15) is 18.4 Å². The van der Waals surface area contributed by atoms with E-state index >= 15 is 0 Å². The first-order chi connectivity index (χ1) is 12.4. The van der Waals surface area contributed by atoms with Gasteiger partial charge >= 0.3 is 0 Å². The fourth-order valence-corrected chi connectivity index (χ4v) is 4.73. The van der Waals surface area contributed by atoms with Crippen molar-refractivity contribution in [3.63, 3.8) is 0 Å². The first-order valence-corrected chi connectivity index (χ1v) is 10.6. The third-order valence-electron chi connectivity index (χ3n) is 4.45. The van der Waals surface area contributed by atoms with E-state index in [2.05, 4.69) is 26.2 Å². The van der Waals surface area contributed by atoms with Crippen LogP contribution in [0.25, 0.3) is 0 Å². The number of nitrogens with one attached hydrogen (secondary N) is 1. The van der Waals surface area contributed by atoms with Crippen LogP contribution in [0.5, 0.6) is 0 Å². The molecule has 1 atom stereocenters. The third-order valence-corrected chi connectivity index (χ3v) is 7.19. The Kier molecular flexibility index (Phi) is 5.74. The number of aryl methyl sites for hydroxylation is 1. The molecule has 1 N–H and O–H groups in total. The average molecular weight is 438 g/mol. The number of sulfonamides is 1. The number of hydrogen-bond acceptors (Lipinski definition) is 4. The van der Waals surface area contributed by atoms with Crippen LogP contribution in [-0.2, 0) is 14.8 Å². The van der Waals surface area contributed by atoms with Gasteiger partial charge in [-0.15, -0.1) is 0 Å². The molecule has 3 rings (SSSR count). The van der Waals surface area contributed by atoms with Crippen LogP contribution in [0.3, 0.4) is 0 Å². The lowest BCUT2D eigenvalue weighted by Gasteiger charge is -2.31. The molecule has 138 valence electrons. The highest BCUT2D eigenvalue weighted by molar-refractivity contribution is 9.10. The molecule has 1 fully saturated rings. The highest BCUT2D eigenvalue weighted by Gasteiger charge is 2.33. The zero-order chi connectivity index (χ0) is 18.7. The van der Waals surface area contributed by atoms with Crippen LogP contribution in [-0.4, -0.2) is 36.7 Å². The van der Waals surface area contributed by atoms with Crippen LogP contribution in [0.2, 0.25) is 0 Å². The number of carbonyl (C=O) groups is 1. The maximum atomic E-state index is 12.7. The van der Waals surface area contributed by atoms with E-state index in [0.717, 1.165) is 10.0 Å². The van der Waals surface area contributed by atoms with E-state index in [1.165, 1.54) is 22.8 Å². The van der Waals surface area contributed by atoms with Crippen molar-refractivity contribution in [3.8, 4) is 0 Å². The van der Waals surface area contributed by atoms with Crippen molar-refractivity contribution < 1.29 is 13.2 Å². The van der Waals surface area contributed by atoms with Gasteiger partial charge in [0.2, 0.25) is 15.9 Å². The average Bonchev–Trinajstić information content (AvgIpc) is 2.65. The largest absolute Gasteiger partial charge is 0.326 e. The number of rotatable bonds is 4. The van der Waals surface area contributed by atoms with Crippen LogP contribution in [0, 0.1) is 12.8 Å². The van der Waals surface area contributed by atoms with E-state index in [-0.39, 0.29) is 23.3 Å². The summed E-state index contributed by atoms with van der Waals surface area (Å²) in [5.41, 5.74) is 1.73. The number of benzene rings is 1. The van der Waals surface area contributed by atoms with Crippen molar-refractivity contribution in [2.45, 2.75) is 24.7 Å². The summed E-state index contributed by atoms with van der Waals surface area (Å²) in [5, 5.41) is 2.90. The summed E-state index contributed by atoms with van der Waals surface area (Å²) in [7, 11) is -3.63. The molecule has 0 unspecified atom stereocenters. The Balaban J connectivity index is 1.71. The molecular weight excluding hydrogens is 418 g/mol. The van der Waals surface area contributed by atoms with Gasteiger partial charge in [-0.05, 0) is 55.7 Å². The maximum Gasteiger partial charge on any atom is 0.244 e. The molecule has 6 nitrogen and oxygen atoms in total. The SMILES string of the molecule is Cc1cc(NC(=O)[C@@H]2CCCN(S(=O)(=O)c3cccnc3)C2)ccc1Br. The first-order valence-electron chi connectivity index (χ1n) is 8.35. The molecular formula is C18H20BrN3O3S. The Morgan fingerprint density at radius 1 is 1.35 bits per heavy atom. The zero-order valence-electron chi connectivity index (χ0n) is 14.4. The number of carbonyl (C=O) groups excluding carboxylic acids is 1. The van der Waals surface area contributed by atoms with Crippen LogP contribution < -0.4 is 5.32 Å². The molecule has 0 bridgehead atoms. The second kappa shape index (κ2) is 7.85. The van der Waals surface area contributed by atoms with Crippen molar-refractivity contribution in [2.24, 2.45) is 5.92 Å². The predicted molar refractivity (Wildman–Crippen MR) is 103 cm³/mol. The Hall–Kier alpha value is -1.77. The van der Waals surface area contributed by atoms with Gasteiger partial charge in [-0.3, -0.25) is 9.78 Å². The smallest absolute Gasteiger partial charge is 0.244 e. The van der Waals surface area contributed by atoms with E-state index in [1.807, 2.05) is 25.1 Å². The van der Waals surface area contributed by atoms with Crippen molar-refractivity contribution in [1.82, 2.24) is 9.29 Å². The van der Waals surface area contributed by atoms with Gasteiger partial charge in [-0.2, -0.15) is 4.31 Å². The summed E-state index contributed by atoms with van der Waals surface area (Å²) in [6, 6.07) is 8.70. The molecule has 2 aromatic rings. The highest BCUT2D eigenvalue weighted by Crippen LogP contribution is 2.25. The summed E-state index contributed by atoms with van der Waals surface area (Å²) in [5.74, 6) is -0.531. The second-order valence-corrected chi connectivity index (χ2v) is 9.14.